The van der Waals surface area contributed by atoms with Crippen molar-refractivity contribution in [3.05, 3.63) is 63.5 Å². The Kier molecular flexibility index (Phi) is 2.99. The maximum absolute atomic E-state index is 11.8. The van der Waals surface area contributed by atoms with Gasteiger partial charge in [-0.05, 0) is 25.1 Å². The molecule has 20 heavy (non-hydrogen) atoms. The summed E-state index contributed by atoms with van der Waals surface area (Å²) in [6.45, 7) is 1.71. The molecule has 0 saturated heterocycles. The van der Waals surface area contributed by atoms with E-state index >= 15 is 0 Å². The predicted molar refractivity (Wildman–Crippen MR) is 79.3 cm³/mol. The van der Waals surface area contributed by atoms with Crippen molar-refractivity contribution in [2.24, 2.45) is 0 Å². The summed E-state index contributed by atoms with van der Waals surface area (Å²) in [6, 6.07) is 12.0. The van der Waals surface area contributed by atoms with Crippen molar-refractivity contribution < 1.29 is 9.52 Å². The van der Waals surface area contributed by atoms with E-state index in [9.17, 15) is 9.90 Å². The molecule has 0 saturated carbocycles. The fourth-order valence-electron chi connectivity index (χ4n) is 2.25. The second kappa shape index (κ2) is 4.69. The number of hydrogen-bond donors (Lipinski definition) is 1. The predicted octanol–water partition coefficient (Wildman–Crippen LogP) is 4.13. The molecule has 0 fully saturated rings. The molecule has 0 atom stereocenters. The first kappa shape index (κ1) is 12.8. The number of aromatic hydroxyl groups is 1. The van der Waals surface area contributed by atoms with Gasteiger partial charge in [0, 0.05) is 33.2 Å². The Morgan fingerprint density at radius 1 is 1.10 bits per heavy atom. The monoisotopic (exact) mass is 286 g/mol. The number of phenols is 1. The van der Waals surface area contributed by atoms with Gasteiger partial charge in [-0.1, -0.05) is 29.8 Å². The zero-order valence-corrected chi connectivity index (χ0v) is 11.4. The number of benzene rings is 2. The minimum atomic E-state index is -0.471. The molecule has 0 amide bonds. The highest BCUT2D eigenvalue weighted by Gasteiger charge is 2.13. The van der Waals surface area contributed by atoms with E-state index in [0.717, 1.165) is 10.9 Å². The van der Waals surface area contributed by atoms with Crippen LogP contribution < -0.4 is 5.63 Å². The van der Waals surface area contributed by atoms with E-state index in [0.29, 0.717) is 21.7 Å². The molecular formula is C16H11ClO3. The number of hydrogen-bond acceptors (Lipinski definition) is 3. The molecule has 0 aliphatic carbocycles. The van der Waals surface area contributed by atoms with Crippen molar-refractivity contribution in [3.63, 3.8) is 0 Å². The molecule has 1 aromatic heterocycles. The quantitative estimate of drug-likeness (QED) is 0.684. The highest BCUT2D eigenvalue weighted by atomic mass is 35.5. The van der Waals surface area contributed by atoms with Crippen LogP contribution in [-0.4, -0.2) is 5.11 Å². The van der Waals surface area contributed by atoms with Gasteiger partial charge in [-0.25, -0.2) is 4.79 Å². The number of aryl methyl sites for hydroxylation is 1. The summed E-state index contributed by atoms with van der Waals surface area (Å²) in [5.74, 6) is 0.0944. The molecule has 0 radical (unpaired) electrons. The number of fused-ring (bicyclic) bond motifs is 1. The van der Waals surface area contributed by atoms with Crippen LogP contribution >= 0.6 is 11.6 Å². The van der Waals surface area contributed by atoms with Crippen LogP contribution in [0.2, 0.25) is 5.02 Å². The standard InChI is InChI=1S/C16H11ClO3/c1-9-14(18)7-6-11-12(8-15(19)20-16(9)11)10-4-2-3-5-13(10)17/h2-8,18H,1H3. The molecule has 3 aromatic rings. The van der Waals surface area contributed by atoms with Gasteiger partial charge < -0.3 is 9.52 Å². The molecular weight excluding hydrogens is 276 g/mol. The van der Waals surface area contributed by atoms with Crippen LogP contribution in [0.4, 0.5) is 0 Å². The number of halogens is 1. The Balaban J connectivity index is 2.46. The van der Waals surface area contributed by atoms with Crippen LogP contribution in [0.25, 0.3) is 22.1 Å². The van der Waals surface area contributed by atoms with Crippen molar-refractivity contribution in [2.45, 2.75) is 6.92 Å². The Morgan fingerprint density at radius 2 is 1.85 bits per heavy atom. The first-order chi connectivity index (χ1) is 9.58. The third-order valence-electron chi connectivity index (χ3n) is 3.30. The minimum absolute atomic E-state index is 0.0944. The van der Waals surface area contributed by atoms with Gasteiger partial charge in [-0.2, -0.15) is 0 Å². The van der Waals surface area contributed by atoms with Crippen molar-refractivity contribution in [1.82, 2.24) is 0 Å². The van der Waals surface area contributed by atoms with Crippen molar-refractivity contribution in [3.8, 4) is 16.9 Å². The number of phenolic OH excluding ortho intramolecular Hbond substituents is 1. The summed E-state index contributed by atoms with van der Waals surface area (Å²) >= 11 is 6.20. The van der Waals surface area contributed by atoms with Crippen LogP contribution in [0.15, 0.2) is 51.7 Å². The molecule has 3 nitrogen and oxygen atoms in total. The minimum Gasteiger partial charge on any atom is -0.508 e. The van der Waals surface area contributed by atoms with Crippen LogP contribution in [0.3, 0.4) is 0 Å². The highest BCUT2D eigenvalue weighted by molar-refractivity contribution is 6.33. The van der Waals surface area contributed by atoms with E-state index in [1.807, 2.05) is 18.2 Å². The maximum Gasteiger partial charge on any atom is 0.336 e. The van der Waals surface area contributed by atoms with Crippen LogP contribution in [-0.2, 0) is 0 Å². The van der Waals surface area contributed by atoms with Crippen molar-refractivity contribution >= 4 is 22.6 Å². The van der Waals surface area contributed by atoms with E-state index in [2.05, 4.69) is 0 Å². The molecule has 0 bridgehead atoms. The smallest absolute Gasteiger partial charge is 0.336 e. The Labute approximate surface area is 120 Å². The Hall–Kier alpha value is -2.26. The molecule has 1 N–H and O–H groups in total. The maximum atomic E-state index is 11.8. The van der Waals surface area contributed by atoms with E-state index in [1.165, 1.54) is 6.07 Å². The molecule has 2 aromatic carbocycles. The summed E-state index contributed by atoms with van der Waals surface area (Å²) in [5, 5.41) is 11.0. The molecule has 3 rings (SSSR count). The van der Waals surface area contributed by atoms with Crippen LogP contribution in [0.1, 0.15) is 5.56 Å². The SMILES string of the molecule is Cc1c(O)ccc2c(-c3ccccc3Cl)cc(=O)oc12. The second-order valence-electron chi connectivity index (χ2n) is 4.55. The van der Waals surface area contributed by atoms with E-state index in [1.54, 1.807) is 25.1 Å². The molecule has 4 heteroatoms. The lowest BCUT2D eigenvalue weighted by Gasteiger charge is -2.09. The van der Waals surface area contributed by atoms with E-state index in [-0.39, 0.29) is 5.75 Å². The molecule has 0 aliphatic heterocycles. The van der Waals surface area contributed by atoms with Gasteiger partial charge in [0.25, 0.3) is 0 Å². The zero-order chi connectivity index (χ0) is 14.3. The summed E-state index contributed by atoms with van der Waals surface area (Å²) in [4.78, 5) is 11.8. The fourth-order valence-corrected chi connectivity index (χ4v) is 2.49. The van der Waals surface area contributed by atoms with Crippen molar-refractivity contribution in [2.75, 3.05) is 0 Å². The van der Waals surface area contributed by atoms with Gasteiger partial charge in [-0.15, -0.1) is 0 Å². The van der Waals surface area contributed by atoms with Gasteiger partial charge >= 0.3 is 5.63 Å². The van der Waals surface area contributed by atoms with Crippen LogP contribution in [0, 0.1) is 6.92 Å². The fraction of sp³-hybridized carbons (Fsp3) is 0.0625. The van der Waals surface area contributed by atoms with Crippen molar-refractivity contribution in [1.29, 1.82) is 0 Å². The highest BCUT2D eigenvalue weighted by Crippen LogP contribution is 2.35. The summed E-state index contributed by atoms with van der Waals surface area (Å²) in [6.07, 6.45) is 0. The second-order valence-corrected chi connectivity index (χ2v) is 4.95. The van der Waals surface area contributed by atoms with E-state index < -0.39 is 5.63 Å². The molecule has 0 spiro atoms. The first-order valence-corrected chi connectivity index (χ1v) is 6.47. The average molecular weight is 287 g/mol. The normalized spacial score (nSPS) is 10.9. The van der Waals surface area contributed by atoms with E-state index in [4.69, 9.17) is 16.0 Å². The lowest BCUT2D eigenvalue weighted by molar-refractivity contribution is 0.468. The summed E-state index contributed by atoms with van der Waals surface area (Å²) in [7, 11) is 0. The van der Waals surface area contributed by atoms with Crippen LogP contribution in [0.5, 0.6) is 5.75 Å². The topological polar surface area (TPSA) is 50.4 Å². The summed E-state index contributed by atoms with van der Waals surface area (Å²) in [5.41, 5.74) is 1.91. The van der Waals surface area contributed by atoms with Gasteiger partial charge in [0.1, 0.15) is 11.3 Å². The molecule has 0 unspecified atom stereocenters. The average Bonchev–Trinajstić information content (AvgIpc) is 2.43. The van der Waals surface area contributed by atoms with Gasteiger partial charge in [-0.3, -0.25) is 0 Å². The Morgan fingerprint density at radius 3 is 2.60 bits per heavy atom. The lowest BCUT2D eigenvalue weighted by Crippen LogP contribution is -1.99. The molecule has 1 heterocycles. The molecule has 100 valence electrons. The van der Waals surface area contributed by atoms with Gasteiger partial charge in [0.05, 0.1) is 0 Å². The molecule has 0 aliphatic rings. The lowest BCUT2D eigenvalue weighted by atomic mass is 10.00. The Bertz CT molecular complexity index is 865. The first-order valence-electron chi connectivity index (χ1n) is 6.09. The number of rotatable bonds is 1. The largest absolute Gasteiger partial charge is 0.508 e. The summed E-state index contributed by atoms with van der Waals surface area (Å²) < 4.78 is 5.22. The third-order valence-corrected chi connectivity index (χ3v) is 3.63. The zero-order valence-electron chi connectivity index (χ0n) is 10.7. The van der Waals surface area contributed by atoms with Gasteiger partial charge in [0.15, 0.2) is 0 Å². The third kappa shape index (κ3) is 1.96. The van der Waals surface area contributed by atoms with Gasteiger partial charge in [0.2, 0.25) is 0 Å².